The van der Waals surface area contributed by atoms with Crippen molar-refractivity contribution in [2.24, 2.45) is 0 Å². The van der Waals surface area contributed by atoms with E-state index in [0.717, 1.165) is 53.5 Å². The van der Waals surface area contributed by atoms with Crippen molar-refractivity contribution in [3.63, 3.8) is 0 Å². The lowest BCUT2D eigenvalue weighted by molar-refractivity contribution is 0.0526. The summed E-state index contributed by atoms with van der Waals surface area (Å²) >= 11 is 1.40. The zero-order chi connectivity index (χ0) is 23.4. The van der Waals surface area contributed by atoms with Crippen LogP contribution < -0.4 is 15.6 Å². The number of carbonyl (C=O) groups is 2. The molecule has 33 heavy (non-hydrogen) atoms. The third kappa shape index (κ3) is 5.14. The highest BCUT2D eigenvalue weighted by molar-refractivity contribution is 7.17. The number of aromatic nitrogens is 2. The van der Waals surface area contributed by atoms with Gasteiger partial charge in [-0.3, -0.25) is 9.59 Å². The molecule has 3 aromatic rings. The van der Waals surface area contributed by atoms with Crippen LogP contribution in [0.15, 0.2) is 35.1 Å². The Morgan fingerprint density at radius 3 is 2.67 bits per heavy atom. The minimum atomic E-state index is -0.541. The van der Waals surface area contributed by atoms with Gasteiger partial charge in [-0.2, -0.15) is 0 Å². The molecule has 1 aliphatic carbocycles. The van der Waals surface area contributed by atoms with E-state index in [0.29, 0.717) is 22.8 Å². The predicted octanol–water partition coefficient (Wildman–Crippen LogP) is 3.74. The Kier molecular flexibility index (Phi) is 6.88. The highest BCUT2D eigenvalue weighted by Gasteiger charge is 2.27. The summed E-state index contributed by atoms with van der Waals surface area (Å²) in [5.41, 5.74) is 1.86. The molecule has 4 rings (SSSR count). The number of carbonyl (C=O) groups excluding carboxylic acids is 2. The average molecular weight is 468 g/mol. The number of hydrogen-bond acceptors (Lipinski definition) is 7. The van der Waals surface area contributed by atoms with E-state index in [1.165, 1.54) is 11.3 Å². The lowest BCUT2D eigenvalue weighted by atomic mass is 9.95. The Hall–Kier alpha value is -3.46. The van der Waals surface area contributed by atoms with Gasteiger partial charge in [-0.1, -0.05) is 12.1 Å². The van der Waals surface area contributed by atoms with Crippen molar-refractivity contribution in [1.29, 1.82) is 0 Å². The minimum absolute atomic E-state index is 0.0107. The summed E-state index contributed by atoms with van der Waals surface area (Å²) in [6.07, 6.45) is 4.05. The predicted molar refractivity (Wildman–Crippen MR) is 126 cm³/mol. The summed E-state index contributed by atoms with van der Waals surface area (Å²) in [5.74, 6) is 0.116. The number of esters is 1. The van der Waals surface area contributed by atoms with Crippen molar-refractivity contribution in [3.8, 4) is 5.75 Å². The number of nitrogens with zero attached hydrogens (tertiary/aromatic N) is 1. The Balaban J connectivity index is 1.59. The van der Waals surface area contributed by atoms with Crippen molar-refractivity contribution in [2.45, 2.75) is 39.0 Å². The molecular weight excluding hydrogens is 442 g/mol. The lowest BCUT2D eigenvalue weighted by Gasteiger charge is -2.12. The number of ether oxygens (including phenoxy) is 2. The molecule has 0 unspecified atom stereocenters. The molecule has 0 atom stereocenters. The Morgan fingerprint density at radius 1 is 1.18 bits per heavy atom. The van der Waals surface area contributed by atoms with Crippen molar-refractivity contribution < 1.29 is 19.1 Å². The van der Waals surface area contributed by atoms with Gasteiger partial charge in [-0.25, -0.2) is 9.78 Å². The van der Waals surface area contributed by atoms with E-state index in [-0.39, 0.29) is 12.3 Å². The lowest BCUT2D eigenvalue weighted by Crippen LogP contribution is -2.21. The Bertz CT molecular complexity index is 1230. The van der Waals surface area contributed by atoms with E-state index >= 15 is 0 Å². The average Bonchev–Trinajstić information content (AvgIpc) is 3.17. The SMILES string of the molecule is CCOC(=O)c1c(NC(=O)c2cc(=O)[nH]c(Cc3ccc(OC)cc3)n2)sc2c1CCCC2. The second-order valence-corrected chi connectivity index (χ2v) is 8.80. The van der Waals surface area contributed by atoms with Gasteiger partial charge in [0.1, 0.15) is 22.3 Å². The van der Waals surface area contributed by atoms with Crippen LogP contribution in [0.1, 0.15) is 62.4 Å². The first kappa shape index (κ1) is 22.7. The van der Waals surface area contributed by atoms with Gasteiger partial charge in [0.15, 0.2) is 0 Å². The van der Waals surface area contributed by atoms with Crippen molar-refractivity contribution in [1.82, 2.24) is 9.97 Å². The fraction of sp³-hybridized carbons (Fsp3) is 0.333. The smallest absolute Gasteiger partial charge is 0.341 e. The van der Waals surface area contributed by atoms with E-state index in [2.05, 4.69) is 15.3 Å². The quantitative estimate of drug-likeness (QED) is 0.512. The topological polar surface area (TPSA) is 110 Å². The zero-order valence-corrected chi connectivity index (χ0v) is 19.3. The highest BCUT2D eigenvalue weighted by Crippen LogP contribution is 2.38. The van der Waals surface area contributed by atoms with Crippen molar-refractivity contribution in [3.05, 3.63) is 73.8 Å². The number of rotatable bonds is 7. The standard InChI is InChI=1S/C24H25N3O5S/c1-3-32-24(30)21-16-6-4-5-7-18(16)33-23(21)27-22(29)17-13-20(28)26-19(25-17)12-14-8-10-15(31-2)11-9-14/h8-11,13H,3-7,12H2,1-2H3,(H,27,29)(H,25,26,28). The first-order valence-electron chi connectivity index (χ1n) is 10.8. The molecule has 2 aromatic heterocycles. The number of aromatic amines is 1. The summed E-state index contributed by atoms with van der Waals surface area (Å²) in [7, 11) is 1.59. The molecule has 9 heteroatoms. The van der Waals surface area contributed by atoms with E-state index in [4.69, 9.17) is 9.47 Å². The molecule has 0 radical (unpaired) electrons. The fourth-order valence-corrected chi connectivity index (χ4v) is 5.16. The second-order valence-electron chi connectivity index (χ2n) is 7.69. The third-order valence-corrected chi connectivity index (χ3v) is 6.64. The number of anilines is 1. The van der Waals surface area contributed by atoms with Gasteiger partial charge >= 0.3 is 5.97 Å². The summed E-state index contributed by atoms with van der Waals surface area (Å²) in [6, 6.07) is 8.53. The molecule has 0 fully saturated rings. The van der Waals surface area contributed by atoms with Crippen LogP contribution in [0.5, 0.6) is 5.75 Å². The molecule has 1 amide bonds. The number of amides is 1. The molecule has 0 bridgehead atoms. The monoisotopic (exact) mass is 467 g/mol. The number of H-pyrrole nitrogens is 1. The molecule has 2 N–H and O–H groups in total. The molecule has 0 saturated carbocycles. The van der Waals surface area contributed by atoms with Crippen LogP contribution in [0, 0.1) is 0 Å². The Labute approximate surface area is 195 Å². The largest absolute Gasteiger partial charge is 0.497 e. The third-order valence-electron chi connectivity index (χ3n) is 5.43. The van der Waals surface area contributed by atoms with E-state index < -0.39 is 17.4 Å². The molecule has 0 aliphatic heterocycles. The molecule has 0 spiro atoms. The van der Waals surface area contributed by atoms with Crippen molar-refractivity contribution in [2.75, 3.05) is 19.0 Å². The van der Waals surface area contributed by atoms with Crippen LogP contribution in [0.3, 0.4) is 0 Å². The number of aryl methyl sites for hydroxylation is 1. The first-order chi connectivity index (χ1) is 16.0. The maximum absolute atomic E-state index is 13.0. The number of methoxy groups -OCH3 is 1. The van der Waals surface area contributed by atoms with Crippen LogP contribution in [-0.2, 0) is 24.0 Å². The summed E-state index contributed by atoms with van der Waals surface area (Å²) in [5, 5.41) is 3.25. The van der Waals surface area contributed by atoms with Crippen molar-refractivity contribution >= 4 is 28.2 Å². The fourth-order valence-electron chi connectivity index (χ4n) is 3.89. The number of benzene rings is 1. The molecule has 8 nitrogen and oxygen atoms in total. The van der Waals surface area contributed by atoms with Crippen LogP contribution in [0.2, 0.25) is 0 Å². The molecule has 1 aromatic carbocycles. The molecule has 0 saturated heterocycles. The highest BCUT2D eigenvalue weighted by atomic mass is 32.1. The van der Waals surface area contributed by atoms with Crippen LogP contribution in [0.25, 0.3) is 0 Å². The van der Waals surface area contributed by atoms with Crippen LogP contribution in [0.4, 0.5) is 5.00 Å². The minimum Gasteiger partial charge on any atom is -0.497 e. The Morgan fingerprint density at radius 2 is 1.94 bits per heavy atom. The van der Waals surface area contributed by atoms with Gasteiger partial charge in [0, 0.05) is 17.4 Å². The van der Waals surface area contributed by atoms with Gasteiger partial charge in [0.2, 0.25) is 0 Å². The summed E-state index contributed by atoms with van der Waals surface area (Å²) in [4.78, 5) is 46.0. The normalized spacial score (nSPS) is 12.7. The molecule has 2 heterocycles. The summed E-state index contributed by atoms with van der Waals surface area (Å²) < 4.78 is 10.4. The van der Waals surface area contributed by atoms with Crippen LogP contribution in [-0.4, -0.2) is 35.6 Å². The van der Waals surface area contributed by atoms with Gasteiger partial charge in [0.05, 0.1) is 19.3 Å². The maximum Gasteiger partial charge on any atom is 0.341 e. The van der Waals surface area contributed by atoms with Gasteiger partial charge in [0.25, 0.3) is 11.5 Å². The first-order valence-corrected chi connectivity index (χ1v) is 11.7. The van der Waals surface area contributed by atoms with E-state index in [9.17, 15) is 14.4 Å². The van der Waals surface area contributed by atoms with Gasteiger partial charge in [-0.05, 0) is 55.9 Å². The van der Waals surface area contributed by atoms with E-state index in [1.54, 1.807) is 14.0 Å². The summed E-state index contributed by atoms with van der Waals surface area (Å²) in [6.45, 7) is 2.00. The second kappa shape index (κ2) is 9.99. The molecule has 172 valence electrons. The van der Waals surface area contributed by atoms with E-state index in [1.807, 2.05) is 24.3 Å². The molecular formula is C24H25N3O5S. The number of nitrogens with one attached hydrogen (secondary N) is 2. The maximum atomic E-state index is 13.0. The number of hydrogen-bond donors (Lipinski definition) is 2. The van der Waals surface area contributed by atoms with Gasteiger partial charge < -0.3 is 19.8 Å². The zero-order valence-electron chi connectivity index (χ0n) is 18.5. The molecule has 1 aliphatic rings. The van der Waals surface area contributed by atoms with Gasteiger partial charge in [-0.15, -0.1) is 11.3 Å². The number of thiophene rings is 1. The van der Waals surface area contributed by atoms with Crippen LogP contribution >= 0.6 is 11.3 Å². The number of fused-ring (bicyclic) bond motifs is 1.